The standard InChI is InChI=1S/C24H29N5O3S/c1-4-33(31,32)18-7-10-28(11-8-18)22-23-26-21(27-29(23)12-9-25-22)14-16-5-6-19-17(13-16)15-20(30)24(19,2)3/h5-6,9,12-13,18H,4,7-8,10-11,14-15H2,1-3H3. The number of hydrogen-bond acceptors (Lipinski definition) is 7. The lowest BCUT2D eigenvalue weighted by molar-refractivity contribution is -0.121. The Balaban J connectivity index is 1.37. The van der Waals surface area contributed by atoms with E-state index in [0.29, 0.717) is 50.2 Å². The van der Waals surface area contributed by atoms with Gasteiger partial charge in [0.05, 0.1) is 5.25 Å². The summed E-state index contributed by atoms with van der Waals surface area (Å²) in [6.07, 6.45) is 5.74. The summed E-state index contributed by atoms with van der Waals surface area (Å²) in [5, 5.41) is 4.37. The zero-order valence-corrected chi connectivity index (χ0v) is 20.1. The minimum Gasteiger partial charge on any atom is -0.353 e. The molecule has 0 amide bonds. The molecule has 1 aliphatic carbocycles. The first kappa shape index (κ1) is 22.0. The molecule has 3 aromatic rings. The van der Waals surface area contributed by atoms with Crippen molar-refractivity contribution in [2.75, 3.05) is 23.7 Å². The second-order valence-electron chi connectivity index (χ2n) is 9.58. The zero-order chi connectivity index (χ0) is 23.4. The van der Waals surface area contributed by atoms with E-state index < -0.39 is 15.3 Å². The summed E-state index contributed by atoms with van der Waals surface area (Å²) in [5.74, 6) is 1.88. The van der Waals surface area contributed by atoms with Crippen molar-refractivity contribution < 1.29 is 13.2 Å². The van der Waals surface area contributed by atoms with Crippen molar-refractivity contribution in [1.29, 1.82) is 0 Å². The molecule has 0 bridgehead atoms. The molecule has 0 saturated carbocycles. The molecule has 9 heteroatoms. The van der Waals surface area contributed by atoms with Crippen molar-refractivity contribution in [3.63, 3.8) is 0 Å². The van der Waals surface area contributed by atoms with Crippen molar-refractivity contribution in [3.05, 3.63) is 53.1 Å². The van der Waals surface area contributed by atoms with E-state index in [1.54, 1.807) is 23.8 Å². The van der Waals surface area contributed by atoms with Crippen LogP contribution in [0.25, 0.3) is 5.65 Å². The number of nitrogens with zero attached hydrogens (tertiary/aromatic N) is 5. The first-order valence-electron chi connectivity index (χ1n) is 11.5. The third-order valence-electron chi connectivity index (χ3n) is 7.18. The first-order chi connectivity index (χ1) is 15.7. The van der Waals surface area contributed by atoms with E-state index in [9.17, 15) is 13.2 Å². The highest BCUT2D eigenvalue weighted by atomic mass is 32.2. The number of carbonyl (C=O) groups is 1. The zero-order valence-electron chi connectivity index (χ0n) is 19.3. The van der Waals surface area contributed by atoms with Gasteiger partial charge in [-0.15, -0.1) is 0 Å². The molecule has 0 radical (unpaired) electrons. The second-order valence-corrected chi connectivity index (χ2v) is 12.1. The van der Waals surface area contributed by atoms with Gasteiger partial charge in [-0.2, -0.15) is 5.10 Å². The highest BCUT2D eigenvalue weighted by molar-refractivity contribution is 7.92. The van der Waals surface area contributed by atoms with Gasteiger partial charge in [-0.3, -0.25) is 4.79 Å². The molecule has 2 aliphatic rings. The van der Waals surface area contributed by atoms with Gasteiger partial charge in [0.25, 0.3) is 0 Å². The molecule has 0 atom stereocenters. The van der Waals surface area contributed by atoms with E-state index in [2.05, 4.69) is 33.2 Å². The summed E-state index contributed by atoms with van der Waals surface area (Å²) >= 11 is 0. The van der Waals surface area contributed by atoms with Crippen LogP contribution >= 0.6 is 0 Å². The number of piperidine rings is 1. The van der Waals surface area contributed by atoms with Gasteiger partial charge in [0.15, 0.2) is 27.1 Å². The predicted octanol–water partition coefficient (Wildman–Crippen LogP) is 2.52. The van der Waals surface area contributed by atoms with E-state index in [4.69, 9.17) is 4.98 Å². The minimum absolute atomic E-state index is 0.188. The molecule has 33 heavy (non-hydrogen) atoms. The van der Waals surface area contributed by atoms with Gasteiger partial charge in [0.1, 0.15) is 5.78 Å². The lowest BCUT2D eigenvalue weighted by atomic mass is 9.85. The summed E-state index contributed by atoms with van der Waals surface area (Å²) in [6, 6.07) is 6.22. The van der Waals surface area contributed by atoms with Crippen molar-refractivity contribution in [2.45, 2.75) is 57.1 Å². The summed E-state index contributed by atoms with van der Waals surface area (Å²) in [4.78, 5) is 23.8. The molecular weight excluding hydrogens is 438 g/mol. The van der Waals surface area contributed by atoms with Crippen LogP contribution in [0.5, 0.6) is 0 Å². The van der Waals surface area contributed by atoms with Crippen molar-refractivity contribution in [3.8, 4) is 0 Å². The average Bonchev–Trinajstić information content (AvgIpc) is 3.30. The first-order valence-corrected chi connectivity index (χ1v) is 13.2. The number of anilines is 1. The molecule has 1 saturated heterocycles. The number of carbonyl (C=O) groups excluding carboxylic acids is 1. The molecule has 0 spiro atoms. The van der Waals surface area contributed by atoms with Crippen LogP contribution in [0.3, 0.4) is 0 Å². The molecule has 2 aromatic heterocycles. The van der Waals surface area contributed by atoms with Crippen LogP contribution in [0.4, 0.5) is 5.82 Å². The average molecular weight is 468 g/mol. The summed E-state index contributed by atoms with van der Waals surface area (Å²) in [7, 11) is -3.02. The third kappa shape index (κ3) is 3.82. The Morgan fingerprint density at radius 3 is 2.67 bits per heavy atom. The monoisotopic (exact) mass is 467 g/mol. The van der Waals surface area contributed by atoms with E-state index in [0.717, 1.165) is 22.5 Å². The smallest absolute Gasteiger partial charge is 0.198 e. The fourth-order valence-corrected chi connectivity index (χ4v) is 6.45. The molecule has 1 aliphatic heterocycles. The van der Waals surface area contributed by atoms with Crippen LogP contribution in [-0.4, -0.2) is 57.9 Å². The van der Waals surface area contributed by atoms with Gasteiger partial charge >= 0.3 is 0 Å². The summed E-state index contributed by atoms with van der Waals surface area (Å²) in [6.45, 7) is 6.95. The Morgan fingerprint density at radius 2 is 1.94 bits per heavy atom. The Bertz CT molecular complexity index is 1340. The Hall–Kier alpha value is -2.81. The van der Waals surface area contributed by atoms with E-state index >= 15 is 0 Å². The number of rotatable bonds is 5. The third-order valence-corrected chi connectivity index (χ3v) is 9.48. The van der Waals surface area contributed by atoms with Gasteiger partial charge in [0.2, 0.25) is 0 Å². The fourth-order valence-electron chi connectivity index (χ4n) is 5.05. The highest BCUT2D eigenvalue weighted by Gasteiger charge is 2.37. The Kier molecular flexibility index (Phi) is 5.27. The van der Waals surface area contributed by atoms with Crippen LogP contribution < -0.4 is 4.90 Å². The molecule has 1 aromatic carbocycles. The molecule has 3 heterocycles. The molecule has 8 nitrogen and oxygen atoms in total. The molecule has 1 fully saturated rings. The second kappa shape index (κ2) is 7.90. The maximum atomic E-state index is 12.3. The number of aromatic nitrogens is 4. The topological polar surface area (TPSA) is 97.5 Å². The largest absolute Gasteiger partial charge is 0.353 e. The number of hydrogen-bond donors (Lipinski definition) is 0. The van der Waals surface area contributed by atoms with Crippen LogP contribution in [0.15, 0.2) is 30.6 Å². The highest BCUT2D eigenvalue weighted by Crippen LogP contribution is 2.36. The van der Waals surface area contributed by atoms with Crippen LogP contribution in [0.1, 0.15) is 56.1 Å². The maximum absolute atomic E-state index is 12.3. The number of Topliss-reactive ketones (excluding diaryl/α,β-unsaturated/α-hetero) is 1. The molecule has 0 unspecified atom stereocenters. The summed E-state index contributed by atoms with van der Waals surface area (Å²) < 4.78 is 26.2. The Labute approximate surface area is 194 Å². The minimum atomic E-state index is -3.02. The van der Waals surface area contributed by atoms with Crippen LogP contribution in [0.2, 0.25) is 0 Å². The fraction of sp³-hybridized carbons (Fsp3) is 0.500. The van der Waals surface area contributed by atoms with Crippen molar-refractivity contribution >= 4 is 27.1 Å². The van der Waals surface area contributed by atoms with Crippen molar-refractivity contribution in [2.24, 2.45) is 0 Å². The van der Waals surface area contributed by atoms with E-state index in [1.807, 2.05) is 13.8 Å². The molecule has 5 rings (SSSR count). The van der Waals surface area contributed by atoms with E-state index in [1.165, 1.54) is 0 Å². The lowest BCUT2D eigenvalue weighted by Crippen LogP contribution is -2.40. The van der Waals surface area contributed by atoms with Gasteiger partial charge in [-0.05, 0) is 43.4 Å². The Morgan fingerprint density at radius 1 is 1.18 bits per heavy atom. The predicted molar refractivity (Wildman–Crippen MR) is 126 cm³/mol. The lowest BCUT2D eigenvalue weighted by Gasteiger charge is -2.32. The molecular formula is C24H29N5O3S. The summed E-state index contributed by atoms with van der Waals surface area (Å²) in [5.41, 5.74) is 3.55. The van der Waals surface area contributed by atoms with Crippen LogP contribution in [-0.2, 0) is 32.9 Å². The molecule has 174 valence electrons. The van der Waals surface area contributed by atoms with Gasteiger partial charge in [0, 0.05) is 49.5 Å². The number of ketones is 1. The van der Waals surface area contributed by atoms with Gasteiger partial charge in [-0.25, -0.2) is 22.9 Å². The number of fused-ring (bicyclic) bond motifs is 2. The van der Waals surface area contributed by atoms with Gasteiger partial charge in [-0.1, -0.05) is 25.1 Å². The maximum Gasteiger partial charge on any atom is 0.198 e. The SMILES string of the molecule is CCS(=O)(=O)C1CCN(c2nccn3nc(Cc4ccc5c(c4)CC(=O)C5(C)C)nc23)CC1. The van der Waals surface area contributed by atoms with Gasteiger partial charge < -0.3 is 4.90 Å². The van der Waals surface area contributed by atoms with Crippen LogP contribution in [0, 0.1) is 0 Å². The molecule has 0 N–H and O–H groups in total. The number of benzene rings is 1. The van der Waals surface area contributed by atoms with Crippen molar-refractivity contribution in [1.82, 2.24) is 19.6 Å². The quantitative estimate of drug-likeness (QED) is 0.569. The van der Waals surface area contributed by atoms with E-state index in [-0.39, 0.29) is 16.8 Å². The number of sulfone groups is 1. The normalized spacial score (nSPS) is 18.8.